The molecule has 0 unspecified atom stereocenters. The zero-order chi connectivity index (χ0) is 13.8. The van der Waals surface area contributed by atoms with E-state index >= 15 is 0 Å². The van der Waals surface area contributed by atoms with Gasteiger partial charge in [-0.05, 0) is 12.1 Å². The van der Waals surface area contributed by atoms with Crippen LogP contribution in [0, 0.1) is 0 Å². The molecule has 3 N–H and O–H groups in total. The Kier molecular flexibility index (Phi) is 4.13. The molecule has 0 saturated carbocycles. The summed E-state index contributed by atoms with van der Waals surface area (Å²) in [6, 6.07) is 3.31. The van der Waals surface area contributed by atoms with Gasteiger partial charge in [0.25, 0.3) is 5.91 Å². The average molecular weight is 262 g/mol. The molecule has 8 heteroatoms. The quantitative estimate of drug-likeness (QED) is 0.860. The molecular formula is C10H9F3N2O3. The summed E-state index contributed by atoms with van der Waals surface area (Å²) in [5.74, 6) is -1.43. The fourth-order valence-corrected chi connectivity index (χ4v) is 1.14. The normalized spacial score (nSPS) is 10.8. The monoisotopic (exact) mass is 262 g/mol. The molecule has 0 spiro atoms. The Morgan fingerprint density at radius 1 is 1.28 bits per heavy atom. The third kappa shape index (κ3) is 3.96. The molecule has 0 radical (unpaired) electrons. The number of urea groups is 1. The lowest BCUT2D eigenvalue weighted by atomic mass is 10.2. The lowest BCUT2D eigenvalue weighted by Gasteiger charge is -2.13. The third-order valence-corrected chi connectivity index (χ3v) is 1.81. The van der Waals surface area contributed by atoms with Gasteiger partial charge in [-0.2, -0.15) is 13.2 Å². The summed E-state index contributed by atoms with van der Waals surface area (Å²) in [5, 5.41) is 1.66. The van der Waals surface area contributed by atoms with E-state index in [4.69, 9.17) is 0 Å². The van der Waals surface area contributed by atoms with E-state index in [-0.39, 0.29) is 0 Å². The third-order valence-electron chi connectivity index (χ3n) is 1.81. The van der Waals surface area contributed by atoms with Crippen molar-refractivity contribution in [1.29, 1.82) is 0 Å². The SMILES string of the molecule is NC(=O)NC(=O)COc1ccccc1C(F)(F)F. The fraction of sp³-hybridized carbons (Fsp3) is 0.200. The minimum Gasteiger partial charge on any atom is -0.483 e. The maximum atomic E-state index is 12.5. The van der Waals surface area contributed by atoms with Crippen molar-refractivity contribution in [2.45, 2.75) is 6.18 Å². The Morgan fingerprint density at radius 3 is 2.44 bits per heavy atom. The molecule has 0 aromatic heterocycles. The number of imide groups is 1. The van der Waals surface area contributed by atoms with E-state index in [1.165, 1.54) is 12.1 Å². The first-order valence-electron chi connectivity index (χ1n) is 4.69. The highest BCUT2D eigenvalue weighted by atomic mass is 19.4. The Labute approximate surface area is 99.7 Å². The molecule has 0 atom stereocenters. The molecule has 1 aromatic carbocycles. The first-order valence-corrected chi connectivity index (χ1v) is 4.69. The van der Waals surface area contributed by atoms with Gasteiger partial charge in [0.2, 0.25) is 0 Å². The van der Waals surface area contributed by atoms with E-state index in [1.54, 1.807) is 5.32 Å². The first kappa shape index (κ1) is 13.8. The molecule has 0 bridgehead atoms. The van der Waals surface area contributed by atoms with E-state index in [1.807, 2.05) is 0 Å². The molecule has 0 heterocycles. The fourth-order valence-electron chi connectivity index (χ4n) is 1.14. The molecule has 1 rings (SSSR count). The van der Waals surface area contributed by atoms with Crippen LogP contribution in [-0.2, 0) is 11.0 Å². The zero-order valence-corrected chi connectivity index (χ0v) is 8.95. The maximum Gasteiger partial charge on any atom is 0.419 e. The van der Waals surface area contributed by atoms with Crippen LogP contribution in [-0.4, -0.2) is 18.5 Å². The van der Waals surface area contributed by atoms with E-state index in [0.29, 0.717) is 0 Å². The van der Waals surface area contributed by atoms with Crippen LogP contribution >= 0.6 is 0 Å². The number of hydrogen-bond donors (Lipinski definition) is 2. The molecule has 5 nitrogen and oxygen atoms in total. The highest BCUT2D eigenvalue weighted by molar-refractivity contribution is 5.94. The number of amides is 3. The second-order valence-corrected chi connectivity index (χ2v) is 3.20. The second-order valence-electron chi connectivity index (χ2n) is 3.20. The summed E-state index contributed by atoms with van der Waals surface area (Å²) in [5.41, 5.74) is 3.65. The largest absolute Gasteiger partial charge is 0.483 e. The molecule has 0 aliphatic rings. The standard InChI is InChI=1S/C10H9F3N2O3/c11-10(12,13)6-3-1-2-4-7(6)18-5-8(16)15-9(14)17/h1-4H,5H2,(H3,14,15,16,17). The van der Waals surface area contributed by atoms with Crippen LogP contribution < -0.4 is 15.8 Å². The number of benzene rings is 1. The molecule has 98 valence electrons. The van der Waals surface area contributed by atoms with Gasteiger partial charge in [0.05, 0.1) is 5.56 Å². The Morgan fingerprint density at radius 2 is 1.89 bits per heavy atom. The van der Waals surface area contributed by atoms with Gasteiger partial charge in [0.15, 0.2) is 6.61 Å². The lowest BCUT2D eigenvalue weighted by molar-refractivity contribution is -0.139. The Hall–Kier alpha value is -2.25. The van der Waals surface area contributed by atoms with E-state index in [2.05, 4.69) is 10.5 Å². The number of nitrogens with one attached hydrogen (secondary N) is 1. The number of hydrogen-bond acceptors (Lipinski definition) is 3. The van der Waals surface area contributed by atoms with Gasteiger partial charge in [-0.25, -0.2) is 4.79 Å². The Balaban J connectivity index is 2.74. The van der Waals surface area contributed by atoms with Crippen molar-refractivity contribution in [1.82, 2.24) is 5.32 Å². The summed E-state index contributed by atoms with van der Waals surface area (Å²) in [7, 11) is 0. The second kappa shape index (κ2) is 5.39. The van der Waals surface area contributed by atoms with E-state index in [0.717, 1.165) is 12.1 Å². The number of halogens is 3. The number of para-hydroxylation sites is 1. The van der Waals surface area contributed by atoms with Crippen molar-refractivity contribution in [2.24, 2.45) is 5.73 Å². The summed E-state index contributed by atoms with van der Waals surface area (Å²) >= 11 is 0. The van der Waals surface area contributed by atoms with Crippen LogP contribution in [0.1, 0.15) is 5.56 Å². The van der Waals surface area contributed by atoms with Gasteiger partial charge in [-0.1, -0.05) is 12.1 Å². The molecule has 3 amide bonds. The van der Waals surface area contributed by atoms with Crippen molar-refractivity contribution in [3.63, 3.8) is 0 Å². The summed E-state index contributed by atoms with van der Waals surface area (Å²) < 4.78 is 42.3. The molecular weight excluding hydrogens is 253 g/mol. The van der Waals surface area contributed by atoms with Crippen molar-refractivity contribution in [2.75, 3.05) is 6.61 Å². The molecule has 0 aliphatic carbocycles. The number of carbonyl (C=O) groups is 2. The number of alkyl halides is 3. The number of primary amides is 1. The van der Waals surface area contributed by atoms with Gasteiger partial charge in [-0.3, -0.25) is 10.1 Å². The first-order chi connectivity index (χ1) is 8.30. The predicted molar refractivity (Wildman–Crippen MR) is 54.7 cm³/mol. The maximum absolute atomic E-state index is 12.5. The minimum absolute atomic E-state index is 0.496. The van der Waals surface area contributed by atoms with Crippen LogP contribution in [0.3, 0.4) is 0 Å². The van der Waals surface area contributed by atoms with Gasteiger partial charge in [0, 0.05) is 0 Å². The predicted octanol–water partition coefficient (Wildman–Crippen LogP) is 1.28. The molecule has 18 heavy (non-hydrogen) atoms. The number of ether oxygens (including phenoxy) is 1. The average Bonchev–Trinajstić information content (AvgIpc) is 2.24. The van der Waals surface area contributed by atoms with Crippen LogP contribution in [0.5, 0.6) is 5.75 Å². The minimum atomic E-state index is -4.59. The molecule has 0 aliphatic heterocycles. The van der Waals surface area contributed by atoms with Crippen molar-refractivity contribution >= 4 is 11.9 Å². The summed E-state index contributed by atoms with van der Waals surface area (Å²) in [6.45, 7) is -0.740. The van der Waals surface area contributed by atoms with Crippen LogP contribution in [0.15, 0.2) is 24.3 Å². The van der Waals surface area contributed by atoms with Crippen molar-refractivity contribution < 1.29 is 27.5 Å². The van der Waals surface area contributed by atoms with Crippen LogP contribution in [0.4, 0.5) is 18.0 Å². The highest BCUT2D eigenvalue weighted by Gasteiger charge is 2.34. The molecule has 0 fully saturated rings. The van der Waals surface area contributed by atoms with Gasteiger partial charge < -0.3 is 10.5 Å². The molecule has 0 saturated heterocycles. The smallest absolute Gasteiger partial charge is 0.419 e. The highest BCUT2D eigenvalue weighted by Crippen LogP contribution is 2.35. The topological polar surface area (TPSA) is 81.4 Å². The summed E-state index contributed by atoms with van der Waals surface area (Å²) in [4.78, 5) is 21.3. The van der Waals surface area contributed by atoms with E-state index in [9.17, 15) is 22.8 Å². The number of carbonyl (C=O) groups excluding carboxylic acids is 2. The van der Waals surface area contributed by atoms with Crippen LogP contribution in [0.25, 0.3) is 0 Å². The van der Waals surface area contributed by atoms with Crippen molar-refractivity contribution in [3.05, 3.63) is 29.8 Å². The van der Waals surface area contributed by atoms with Crippen LogP contribution in [0.2, 0.25) is 0 Å². The Bertz CT molecular complexity index is 460. The summed E-state index contributed by atoms with van der Waals surface area (Å²) in [6.07, 6.45) is -4.59. The lowest BCUT2D eigenvalue weighted by Crippen LogP contribution is -2.38. The van der Waals surface area contributed by atoms with Crippen molar-refractivity contribution in [3.8, 4) is 5.75 Å². The molecule has 1 aromatic rings. The number of nitrogens with two attached hydrogens (primary N) is 1. The zero-order valence-electron chi connectivity index (χ0n) is 8.95. The van der Waals surface area contributed by atoms with Gasteiger partial charge in [0.1, 0.15) is 5.75 Å². The number of rotatable bonds is 3. The van der Waals surface area contributed by atoms with E-state index < -0.39 is 36.0 Å². The van der Waals surface area contributed by atoms with Gasteiger partial charge >= 0.3 is 12.2 Å². The van der Waals surface area contributed by atoms with Gasteiger partial charge in [-0.15, -0.1) is 0 Å².